The van der Waals surface area contributed by atoms with Crippen LogP contribution in [0.5, 0.6) is 5.75 Å². The van der Waals surface area contributed by atoms with E-state index >= 15 is 0 Å². The zero-order chi connectivity index (χ0) is 22.3. The van der Waals surface area contributed by atoms with Crippen LogP contribution in [0.2, 0.25) is 5.02 Å². The number of carbonyl (C=O) groups is 1. The minimum Gasteiger partial charge on any atom is -0.482 e. The lowest BCUT2D eigenvalue weighted by Crippen LogP contribution is -2.12. The Kier molecular flexibility index (Phi) is 7.09. The molecule has 0 aliphatic rings. The highest BCUT2D eigenvalue weighted by Crippen LogP contribution is 2.30. The zero-order valence-electron chi connectivity index (χ0n) is 17.3. The smallest absolute Gasteiger partial charge is 0.343 e. The molecule has 0 aliphatic heterocycles. The lowest BCUT2D eigenvalue weighted by atomic mass is 10.2. The molecule has 0 atom stereocenters. The monoisotopic (exact) mass is 465 g/mol. The van der Waals surface area contributed by atoms with Crippen molar-refractivity contribution in [3.8, 4) is 22.8 Å². The summed E-state index contributed by atoms with van der Waals surface area (Å²) < 4.78 is 12.0. The quantitative estimate of drug-likeness (QED) is 0.255. The number of aromatic nitrogens is 3. The molecule has 0 aliphatic carbocycles. The summed E-state index contributed by atoms with van der Waals surface area (Å²) in [7, 11) is 1.33. The van der Waals surface area contributed by atoms with Gasteiger partial charge in [-0.2, -0.15) is 0 Å². The van der Waals surface area contributed by atoms with Crippen molar-refractivity contribution >= 4 is 29.3 Å². The molecule has 1 aromatic heterocycles. The van der Waals surface area contributed by atoms with Crippen LogP contribution < -0.4 is 4.74 Å². The van der Waals surface area contributed by atoms with Gasteiger partial charge in [0, 0.05) is 22.0 Å². The van der Waals surface area contributed by atoms with Crippen molar-refractivity contribution in [2.75, 3.05) is 13.7 Å². The van der Waals surface area contributed by atoms with E-state index in [9.17, 15) is 4.79 Å². The molecule has 0 saturated heterocycles. The molecular formula is C24H20ClN3O3S. The summed E-state index contributed by atoms with van der Waals surface area (Å²) in [6.07, 6.45) is 0. The van der Waals surface area contributed by atoms with Crippen LogP contribution in [0.1, 0.15) is 5.56 Å². The lowest BCUT2D eigenvalue weighted by molar-refractivity contribution is -0.142. The molecule has 0 unspecified atom stereocenters. The predicted molar refractivity (Wildman–Crippen MR) is 125 cm³/mol. The maximum absolute atomic E-state index is 11.2. The molecule has 0 bridgehead atoms. The Balaban J connectivity index is 1.54. The second-order valence-electron chi connectivity index (χ2n) is 6.78. The average molecular weight is 466 g/mol. The van der Waals surface area contributed by atoms with E-state index in [2.05, 4.69) is 14.9 Å². The van der Waals surface area contributed by atoms with Crippen LogP contribution in [0.4, 0.5) is 0 Å². The third-order valence-electron chi connectivity index (χ3n) is 4.63. The lowest BCUT2D eigenvalue weighted by Gasteiger charge is -2.11. The van der Waals surface area contributed by atoms with Crippen LogP contribution in [0.15, 0.2) is 84.0 Å². The van der Waals surface area contributed by atoms with E-state index in [4.69, 9.17) is 16.3 Å². The Morgan fingerprint density at radius 3 is 2.38 bits per heavy atom. The molecule has 4 rings (SSSR count). The van der Waals surface area contributed by atoms with Gasteiger partial charge in [0.1, 0.15) is 5.75 Å². The van der Waals surface area contributed by atoms with Gasteiger partial charge >= 0.3 is 5.97 Å². The van der Waals surface area contributed by atoms with Crippen molar-refractivity contribution in [2.45, 2.75) is 10.9 Å². The molecule has 0 N–H and O–H groups in total. The summed E-state index contributed by atoms with van der Waals surface area (Å²) >= 11 is 7.64. The number of hydrogen-bond acceptors (Lipinski definition) is 6. The van der Waals surface area contributed by atoms with Gasteiger partial charge in [-0.1, -0.05) is 53.7 Å². The third kappa shape index (κ3) is 5.30. The van der Waals surface area contributed by atoms with Crippen LogP contribution in [0, 0.1) is 0 Å². The van der Waals surface area contributed by atoms with E-state index in [-0.39, 0.29) is 6.61 Å². The zero-order valence-corrected chi connectivity index (χ0v) is 18.8. The molecule has 32 heavy (non-hydrogen) atoms. The Labute approximate surface area is 195 Å². The van der Waals surface area contributed by atoms with Gasteiger partial charge in [0.25, 0.3) is 0 Å². The van der Waals surface area contributed by atoms with Crippen LogP contribution >= 0.6 is 23.4 Å². The van der Waals surface area contributed by atoms with E-state index in [0.717, 1.165) is 27.8 Å². The molecule has 0 spiro atoms. The van der Waals surface area contributed by atoms with E-state index in [1.807, 2.05) is 83.4 Å². The summed E-state index contributed by atoms with van der Waals surface area (Å²) in [4.78, 5) is 11.2. The molecule has 0 fully saturated rings. The van der Waals surface area contributed by atoms with Gasteiger partial charge in [0.2, 0.25) is 0 Å². The van der Waals surface area contributed by atoms with Gasteiger partial charge in [-0.25, -0.2) is 4.79 Å². The fraction of sp³-hybridized carbons (Fsp3) is 0.125. The van der Waals surface area contributed by atoms with Crippen LogP contribution in [0.3, 0.4) is 0 Å². The molecule has 3 aromatic carbocycles. The highest BCUT2D eigenvalue weighted by Gasteiger charge is 2.16. The summed E-state index contributed by atoms with van der Waals surface area (Å²) in [5, 5.41) is 10.4. The molecule has 0 saturated carbocycles. The number of carbonyl (C=O) groups excluding carboxylic acids is 1. The highest BCUT2D eigenvalue weighted by molar-refractivity contribution is 7.98. The number of ether oxygens (including phenoxy) is 2. The van der Waals surface area contributed by atoms with Crippen molar-refractivity contribution in [3.63, 3.8) is 0 Å². The van der Waals surface area contributed by atoms with Crippen molar-refractivity contribution in [1.29, 1.82) is 0 Å². The Morgan fingerprint density at radius 2 is 1.69 bits per heavy atom. The number of hydrogen-bond donors (Lipinski definition) is 0. The summed E-state index contributed by atoms with van der Waals surface area (Å²) in [5.74, 6) is 1.65. The molecule has 0 radical (unpaired) electrons. The van der Waals surface area contributed by atoms with Crippen molar-refractivity contribution in [3.05, 3.63) is 89.4 Å². The maximum atomic E-state index is 11.2. The second-order valence-corrected chi connectivity index (χ2v) is 8.16. The first kappa shape index (κ1) is 21.9. The van der Waals surface area contributed by atoms with Gasteiger partial charge in [-0.3, -0.25) is 4.57 Å². The summed E-state index contributed by atoms with van der Waals surface area (Å²) in [5.41, 5.74) is 3.01. The molecule has 0 amide bonds. The number of thioether (sulfide) groups is 1. The normalized spacial score (nSPS) is 10.7. The van der Waals surface area contributed by atoms with Crippen molar-refractivity contribution in [1.82, 2.24) is 14.8 Å². The number of nitrogens with zero attached hydrogens (tertiary/aromatic N) is 3. The standard InChI is InChI=1S/C24H20ClN3O3S/c1-30-22(29)15-31-21-13-7-17(8-14-21)16-32-24-27-26-23(18-9-11-19(25)12-10-18)28(24)20-5-3-2-4-6-20/h2-14H,15-16H2,1H3. The van der Waals surface area contributed by atoms with E-state index in [0.29, 0.717) is 16.5 Å². The Morgan fingerprint density at radius 1 is 0.969 bits per heavy atom. The van der Waals surface area contributed by atoms with Crippen LogP contribution in [-0.2, 0) is 15.3 Å². The maximum Gasteiger partial charge on any atom is 0.343 e. The number of methoxy groups -OCH3 is 1. The summed E-state index contributed by atoms with van der Waals surface area (Å²) in [6, 6.07) is 25.2. The van der Waals surface area contributed by atoms with Gasteiger partial charge in [-0.15, -0.1) is 10.2 Å². The topological polar surface area (TPSA) is 66.2 Å². The van der Waals surface area contributed by atoms with Crippen molar-refractivity contribution in [2.24, 2.45) is 0 Å². The molecule has 1 heterocycles. The molecular weight excluding hydrogens is 446 g/mol. The first-order chi connectivity index (χ1) is 15.6. The van der Waals surface area contributed by atoms with E-state index in [1.54, 1.807) is 11.8 Å². The third-order valence-corrected chi connectivity index (χ3v) is 5.88. The van der Waals surface area contributed by atoms with Gasteiger partial charge in [0.05, 0.1) is 7.11 Å². The van der Waals surface area contributed by atoms with Gasteiger partial charge in [0.15, 0.2) is 17.6 Å². The number of benzene rings is 3. The fourth-order valence-corrected chi connectivity index (χ4v) is 4.02. The average Bonchev–Trinajstić information content (AvgIpc) is 3.26. The number of para-hydroxylation sites is 1. The van der Waals surface area contributed by atoms with Gasteiger partial charge in [-0.05, 0) is 54.1 Å². The highest BCUT2D eigenvalue weighted by atomic mass is 35.5. The summed E-state index contributed by atoms with van der Waals surface area (Å²) in [6.45, 7) is -0.113. The number of esters is 1. The van der Waals surface area contributed by atoms with Crippen LogP contribution in [-0.4, -0.2) is 34.5 Å². The Hall–Kier alpha value is -3.29. The largest absolute Gasteiger partial charge is 0.482 e. The van der Waals surface area contributed by atoms with Gasteiger partial charge < -0.3 is 9.47 Å². The van der Waals surface area contributed by atoms with E-state index < -0.39 is 5.97 Å². The molecule has 8 heteroatoms. The minimum atomic E-state index is -0.415. The second kappa shape index (κ2) is 10.3. The predicted octanol–water partition coefficient (Wildman–Crippen LogP) is 5.43. The number of rotatable bonds is 8. The fourth-order valence-electron chi connectivity index (χ4n) is 2.99. The minimum absolute atomic E-state index is 0.113. The molecule has 162 valence electrons. The SMILES string of the molecule is COC(=O)COc1ccc(CSc2nnc(-c3ccc(Cl)cc3)n2-c2ccccc2)cc1. The first-order valence-electron chi connectivity index (χ1n) is 9.82. The first-order valence-corrected chi connectivity index (χ1v) is 11.2. The van der Waals surface area contributed by atoms with Crippen LogP contribution in [0.25, 0.3) is 17.1 Å². The van der Waals surface area contributed by atoms with E-state index in [1.165, 1.54) is 7.11 Å². The number of halogens is 1. The molecule has 6 nitrogen and oxygen atoms in total. The Bertz CT molecular complexity index is 1180. The van der Waals surface area contributed by atoms with Crippen molar-refractivity contribution < 1.29 is 14.3 Å². The molecule has 4 aromatic rings.